The molecule has 3 aromatic rings. The van der Waals surface area contributed by atoms with Crippen molar-refractivity contribution in [3.05, 3.63) is 71.7 Å². The third-order valence-electron chi connectivity index (χ3n) is 4.16. The topological polar surface area (TPSA) is 70.9 Å². The van der Waals surface area contributed by atoms with E-state index in [1.165, 1.54) is 23.1 Å². The lowest BCUT2D eigenvalue weighted by atomic mass is 10.0. The van der Waals surface area contributed by atoms with Gasteiger partial charge in [0.05, 0.1) is 6.04 Å². The molecule has 0 bridgehead atoms. The Balaban J connectivity index is 1.61. The van der Waals surface area contributed by atoms with Crippen molar-refractivity contribution in [3.63, 3.8) is 0 Å². The number of halogens is 1. The van der Waals surface area contributed by atoms with Gasteiger partial charge in [0.25, 0.3) is 0 Å². The molecule has 5 heteroatoms. The average Bonchev–Trinajstić information content (AvgIpc) is 3.05. The maximum atomic E-state index is 13.0. The number of primary amides is 1. The summed E-state index contributed by atoms with van der Waals surface area (Å²) in [5.41, 5.74) is 8.67. The van der Waals surface area contributed by atoms with Crippen molar-refractivity contribution in [1.29, 1.82) is 0 Å². The molecule has 0 spiro atoms. The third kappa shape index (κ3) is 3.81. The van der Waals surface area contributed by atoms with E-state index in [2.05, 4.69) is 22.4 Å². The normalized spacial score (nSPS) is 12.4. The number of fused-ring (bicyclic) bond motifs is 1. The van der Waals surface area contributed by atoms with Crippen molar-refractivity contribution in [2.75, 3.05) is 6.54 Å². The molecular weight excluding hydrogens is 305 g/mol. The predicted molar refractivity (Wildman–Crippen MR) is 93.1 cm³/mol. The van der Waals surface area contributed by atoms with E-state index in [1.807, 2.05) is 18.3 Å². The van der Waals surface area contributed by atoms with Crippen molar-refractivity contribution in [2.45, 2.75) is 18.9 Å². The first-order valence-corrected chi connectivity index (χ1v) is 7.95. The van der Waals surface area contributed by atoms with Gasteiger partial charge in [-0.15, -0.1) is 0 Å². The fourth-order valence-corrected chi connectivity index (χ4v) is 2.87. The third-order valence-corrected chi connectivity index (χ3v) is 4.16. The van der Waals surface area contributed by atoms with Gasteiger partial charge in [-0.1, -0.05) is 30.3 Å². The quantitative estimate of drug-likeness (QED) is 0.625. The molecule has 0 saturated carbocycles. The fraction of sp³-hybridized carbons (Fsp3) is 0.211. The van der Waals surface area contributed by atoms with E-state index >= 15 is 0 Å². The van der Waals surface area contributed by atoms with Gasteiger partial charge >= 0.3 is 0 Å². The first-order chi connectivity index (χ1) is 11.6. The van der Waals surface area contributed by atoms with E-state index in [1.54, 1.807) is 12.1 Å². The van der Waals surface area contributed by atoms with E-state index in [4.69, 9.17) is 5.73 Å². The molecule has 2 aromatic carbocycles. The minimum atomic E-state index is -0.474. The van der Waals surface area contributed by atoms with Gasteiger partial charge in [0, 0.05) is 11.7 Å². The molecule has 1 heterocycles. The van der Waals surface area contributed by atoms with Crippen LogP contribution in [-0.2, 0) is 17.6 Å². The molecule has 0 aliphatic carbocycles. The van der Waals surface area contributed by atoms with Crippen LogP contribution >= 0.6 is 0 Å². The van der Waals surface area contributed by atoms with E-state index in [-0.39, 0.29) is 5.82 Å². The highest BCUT2D eigenvalue weighted by Gasteiger charge is 2.15. The Morgan fingerprint density at radius 1 is 1.17 bits per heavy atom. The lowest BCUT2D eigenvalue weighted by molar-refractivity contribution is -0.120. The number of benzene rings is 2. The number of aromatic nitrogens is 1. The second kappa shape index (κ2) is 7.27. The maximum Gasteiger partial charge on any atom is 0.234 e. The van der Waals surface area contributed by atoms with Gasteiger partial charge in [-0.3, -0.25) is 4.79 Å². The van der Waals surface area contributed by atoms with Crippen molar-refractivity contribution < 1.29 is 9.18 Å². The molecule has 0 aliphatic rings. The first-order valence-electron chi connectivity index (χ1n) is 7.95. The Morgan fingerprint density at radius 2 is 1.96 bits per heavy atom. The van der Waals surface area contributed by atoms with Gasteiger partial charge in [-0.05, 0) is 54.1 Å². The molecule has 4 nitrogen and oxygen atoms in total. The summed E-state index contributed by atoms with van der Waals surface area (Å²) in [7, 11) is 0. The molecule has 0 saturated heterocycles. The zero-order valence-electron chi connectivity index (χ0n) is 13.3. The number of nitrogens with one attached hydrogen (secondary N) is 2. The highest BCUT2D eigenvalue weighted by Crippen LogP contribution is 2.17. The summed E-state index contributed by atoms with van der Waals surface area (Å²) >= 11 is 0. The summed E-state index contributed by atoms with van der Waals surface area (Å²) in [6.07, 6.45) is 3.15. The van der Waals surface area contributed by atoms with Gasteiger partial charge in [-0.25, -0.2) is 4.39 Å². The van der Waals surface area contributed by atoms with Gasteiger partial charge in [0.2, 0.25) is 5.91 Å². The predicted octanol–water partition coefficient (Wildman–Crippen LogP) is 2.54. The van der Waals surface area contributed by atoms with Crippen molar-refractivity contribution in [3.8, 4) is 0 Å². The van der Waals surface area contributed by atoms with Crippen LogP contribution in [0.5, 0.6) is 0 Å². The van der Waals surface area contributed by atoms with Crippen molar-refractivity contribution >= 4 is 16.8 Å². The number of carbonyl (C=O) groups excluding carboxylic acids is 1. The largest absolute Gasteiger partial charge is 0.368 e. The number of hydrogen-bond donors (Lipinski definition) is 3. The number of aromatic amines is 1. The van der Waals surface area contributed by atoms with Crippen LogP contribution in [0.2, 0.25) is 0 Å². The smallest absolute Gasteiger partial charge is 0.234 e. The van der Waals surface area contributed by atoms with Crippen LogP contribution < -0.4 is 11.1 Å². The maximum absolute atomic E-state index is 13.0. The van der Waals surface area contributed by atoms with Crippen LogP contribution in [0.4, 0.5) is 4.39 Å². The highest BCUT2D eigenvalue weighted by molar-refractivity contribution is 5.82. The number of amides is 1. The van der Waals surface area contributed by atoms with E-state index in [0.29, 0.717) is 13.0 Å². The molecule has 0 radical (unpaired) electrons. The van der Waals surface area contributed by atoms with Crippen LogP contribution in [0.15, 0.2) is 54.7 Å². The van der Waals surface area contributed by atoms with Gasteiger partial charge in [0.15, 0.2) is 0 Å². The van der Waals surface area contributed by atoms with Gasteiger partial charge < -0.3 is 16.0 Å². The number of hydrogen-bond acceptors (Lipinski definition) is 2. The van der Waals surface area contributed by atoms with Crippen molar-refractivity contribution in [1.82, 2.24) is 10.3 Å². The zero-order valence-corrected chi connectivity index (χ0v) is 13.3. The summed E-state index contributed by atoms with van der Waals surface area (Å²) in [5.74, 6) is -0.696. The second-order valence-electron chi connectivity index (χ2n) is 5.85. The van der Waals surface area contributed by atoms with E-state index in [9.17, 15) is 9.18 Å². The second-order valence-corrected chi connectivity index (χ2v) is 5.85. The van der Waals surface area contributed by atoms with Crippen LogP contribution in [0.3, 0.4) is 0 Å². The molecule has 1 amide bonds. The molecule has 1 atom stereocenters. The molecule has 124 valence electrons. The minimum absolute atomic E-state index is 0.290. The van der Waals surface area contributed by atoms with Crippen LogP contribution in [-0.4, -0.2) is 23.5 Å². The summed E-state index contributed by atoms with van der Waals surface area (Å²) in [4.78, 5) is 14.9. The Hall–Kier alpha value is -2.66. The Morgan fingerprint density at radius 3 is 2.71 bits per heavy atom. The van der Waals surface area contributed by atoms with Gasteiger partial charge in [0.1, 0.15) is 5.82 Å². The number of nitrogens with two attached hydrogens (primary N) is 1. The van der Waals surface area contributed by atoms with Crippen molar-refractivity contribution in [2.24, 2.45) is 5.73 Å². The minimum Gasteiger partial charge on any atom is -0.368 e. The summed E-state index contributed by atoms with van der Waals surface area (Å²) < 4.78 is 13.0. The molecule has 0 fully saturated rings. The number of para-hydroxylation sites is 1. The Bertz CT molecular complexity index is 826. The summed E-state index contributed by atoms with van der Waals surface area (Å²) in [6.45, 7) is 0.632. The fourth-order valence-electron chi connectivity index (χ4n) is 2.87. The lowest BCUT2D eigenvalue weighted by Crippen LogP contribution is -2.43. The van der Waals surface area contributed by atoms with Crippen LogP contribution in [0, 0.1) is 5.82 Å². The molecule has 3 rings (SSSR count). The SMILES string of the molecule is NC(=O)C(Cc1ccc(F)cc1)NCCc1cccc2cc[nH]c12. The molecular formula is C19H20FN3O. The zero-order chi connectivity index (χ0) is 16.9. The summed E-state index contributed by atoms with van der Waals surface area (Å²) in [6, 6.07) is 13.8. The highest BCUT2D eigenvalue weighted by atomic mass is 19.1. The number of rotatable bonds is 7. The monoisotopic (exact) mass is 325 g/mol. The molecule has 1 unspecified atom stereocenters. The van der Waals surface area contributed by atoms with E-state index in [0.717, 1.165) is 17.5 Å². The lowest BCUT2D eigenvalue weighted by Gasteiger charge is -2.16. The standard InChI is InChI=1S/C19H20FN3O/c20-16-6-4-13(5-7-16)12-17(19(21)24)22-10-8-14-2-1-3-15-9-11-23-18(14)15/h1-7,9,11,17,22-23H,8,10,12H2,(H2,21,24). The molecule has 24 heavy (non-hydrogen) atoms. The van der Waals surface area contributed by atoms with Crippen LogP contribution in [0.1, 0.15) is 11.1 Å². The molecule has 4 N–H and O–H groups in total. The Kier molecular flexibility index (Phi) is 4.91. The molecule has 0 aliphatic heterocycles. The first kappa shape index (κ1) is 16.2. The number of carbonyl (C=O) groups is 1. The van der Waals surface area contributed by atoms with E-state index < -0.39 is 11.9 Å². The van der Waals surface area contributed by atoms with Gasteiger partial charge in [-0.2, -0.15) is 0 Å². The molecule has 1 aromatic heterocycles. The number of H-pyrrole nitrogens is 1. The summed E-state index contributed by atoms with van der Waals surface area (Å²) in [5, 5.41) is 4.38. The Labute approximate surface area is 139 Å². The van der Waals surface area contributed by atoms with Crippen LogP contribution in [0.25, 0.3) is 10.9 Å². The average molecular weight is 325 g/mol.